The molecule has 0 aliphatic rings. The van der Waals surface area contributed by atoms with Gasteiger partial charge in [0.05, 0.1) is 4.90 Å². The third-order valence-corrected chi connectivity index (χ3v) is 3.59. The molecule has 20 heavy (non-hydrogen) atoms. The van der Waals surface area contributed by atoms with Crippen molar-refractivity contribution in [1.29, 1.82) is 0 Å². The van der Waals surface area contributed by atoms with Crippen molar-refractivity contribution < 1.29 is 17.6 Å². The standard InChI is InChI=1S/C13H11FN2O3S/c1-20(18,19)10-5-2-4-9(8-10)13(17)16-12-7-3-6-11(14)15-12/h2-8H,1H3,(H,15,16,17). The number of amides is 1. The van der Waals surface area contributed by atoms with E-state index in [-0.39, 0.29) is 16.3 Å². The van der Waals surface area contributed by atoms with E-state index in [1.54, 1.807) is 0 Å². The van der Waals surface area contributed by atoms with Gasteiger partial charge in [-0.3, -0.25) is 4.79 Å². The molecule has 2 aromatic rings. The van der Waals surface area contributed by atoms with Gasteiger partial charge in [-0.25, -0.2) is 13.4 Å². The lowest BCUT2D eigenvalue weighted by Gasteiger charge is -2.05. The number of benzene rings is 1. The van der Waals surface area contributed by atoms with Crippen molar-refractivity contribution >= 4 is 21.6 Å². The largest absolute Gasteiger partial charge is 0.306 e. The summed E-state index contributed by atoms with van der Waals surface area (Å²) < 4.78 is 35.7. The van der Waals surface area contributed by atoms with Crippen LogP contribution >= 0.6 is 0 Å². The number of anilines is 1. The van der Waals surface area contributed by atoms with Gasteiger partial charge in [0.15, 0.2) is 9.84 Å². The number of carbonyl (C=O) groups is 1. The molecule has 0 bridgehead atoms. The second-order valence-electron chi connectivity index (χ2n) is 4.10. The van der Waals surface area contributed by atoms with Gasteiger partial charge in [0.2, 0.25) is 5.95 Å². The van der Waals surface area contributed by atoms with E-state index in [4.69, 9.17) is 0 Å². The molecule has 0 atom stereocenters. The van der Waals surface area contributed by atoms with Crippen LogP contribution in [0, 0.1) is 5.95 Å². The molecule has 2 rings (SSSR count). The molecule has 0 saturated heterocycles. The fraction of sp³-hybridized carbons (Fsp3) is 0.0769. The average molecular weight is 294 g/mol. The minimum absolute atomic E-state index is 0.0392. The SMILES string of the molecule is CS(=O)(=O)c1cccc(C(=O)Nc2cccc(F)n2)c1. The minimum atomic E-state index is -3.39. The first-order chi connectivity index (χ1) is 9.36. The molecule has 1 amide bonds. The van der Waals surface area contributed by atoms with Crippen LogP contribution in [0.25, 0.3) is 0 Å². The van der Waals surface area contributed by atoms with Gasteiger partial charge in [-0.15, -0.1) is 0 Å². The van der Waals surface area contributed by atoms with Crippen LogP contribution < -0.4 is 5.32 Å². The van der Waals surface area contributed by atoms with Crippen molar-refractivity contribution in [1.82, 2.24) is 4.98 Å². The fourth-order valence-corrected chi connectivity index (χ4v) is 2.20. The first-order valence-corrected chi connectivity index (χ1v) is 7.49. The Bertz CT molecular complexity index is 760. The van der Waals surface area contributed by atoms with E-state index in [1.165, 1.54) is 36.4 Å². The number of aromatic nitrogens is 1. The Labute approximate surface area is 115 Å². The number of halogens is 1. The Kier molecular flexibility index (Phi) is 3.80. The van der Waals surface area contributed by atoms with Gasteiger partial charge < -0.3 is 5.32 Å². The van der Waals surface area contributed by atoms with Crippen LogP contribution in [-0.2, 0) is 9.84 Å². The summed E-state index contributed by atoms with van der Waals surface area (Å²) in [5.74, 6) is -1.22. The van der Waals surface area contributed by atoms with Crippen LogP contribution in [0.4, 0.5) is 10.2 Å². The van der Waals surface area contributed by atoms with Crippen molar-refractivity contribution in [3.8, 4) is 0 Å². The molecule has 1 aromatic carbocycles. The number of carbonyl (C=O) groups excluding carboxylic acids is 1. The number of pyridine rings is 1. The van der Waals surface area contributed by atoms with Crippen LogP contribution in [-0.4, -0.2) is 25.6 Å². The van der Waals surface area contributed by atoms with Crippen LogP contribution in [0.5, 0.6) is 0 Å². The van der Waals surface area contributed by atoms with E-state index < -0.39 is 21.7 Å². The predicted octanol–water partition coefficient (Wildman–Crippen LogP) is 1.88. The lowest BCUT2D eigenvalue weighted by Crippen LogP contribution is -2.14. The summed E-state index contributed by atoms with van der Waals surface area (Å²) in [5.41, 5.74) is 0.152. The number of rotatable bonds is 3. The third-order valence-electron chi connectivity index (χ3n) is 2.48. The second-order valence-corrected chi connectivity index (χ2v) is 6.12. The normalized spacial score (nSPS) is 11.1. The van der Waals surface area contributed by atoms with Crippen LogP contribution in [0.1, 0.15) is 10.4 Å². The molecule has 0 aliphatic heterocycles. The summed E-state index contributed by atoms with van der Waals surface area (Å²) in [5, 5.41) is 2.39. The maximum Gasteiger partial charge on any atom is 0.256 e. The summed E-state index contributed by atoms with van der Waals surface area (Å²) in [6.07, 6.45) is 1.05. The Morgan fingerprint density at radius 1 is 1.20 bits per heavy atom. The van der Waals surface area contributed by atoms with E-state index in [0.29, 0.717) is 0 Å². The van der Waals surface area contributed by atoms with Crippen molar-refractivity contribution in [2.45, 2.75) is 4.90 Å². The van der Waals surface area contributed by atoms with Crippen LogP contribution in [0.2, 0.25) is 0 Å². The van der Waals surface area contributed by atoms with E-state index >= 15 is 0 Å². The Balaban J connectivity index is 2.26. The van der Waals surface area contributed by atoms with Gasteiger partial charge >= 0.3 is 0 Å². The van der Waals surface area contributed by atoms with E-state index in [1.807, 2.05) is 0 Å². The van der Waals surface area contributed by atoms with Crippen LogP contribution in [0.3, 0.4) is 0 Å². The minimum Gasteiger partial charge on any atom is -0.306 e. The highest BCUT2D eigenvalue weighted by atomic mass is 32.2. The average Bonchev–Trinajstić information content (AvgIpc) is 2.38. The number of nitrogens with zero attached hydrogens (tertiary/aromatic N) is 1. The summed E-state index contributed by atoms with van der Waals surface area (Å²) >= 11 is 0. The number of hydrogen-bond acceptors (Lipinski definition) is 4. The molecule has 104 valence electrons. The highest BCUT2D eigenvalue weighted by Crippen LogP contribution is 2.13. The Morgan fingerprint density at radius 3 is 2.55 bits per heavy atom. The molecule has 0 radical (unpaired) electrons. The van der Waals surface area contributed by atoms with Gasteiger partial charge in [0, 0.05) is 11.8 Å². The smallest absolute Gasteiger partial charge is 0.256 e. The molecular weight excluding hydrogens is 283 g/mol. The first kappa shape index (κ1) is 14.1. The summed E-state index contributed by atoms with van der Waals surface area (Å²) in [7, 11) is -3.39. The molecular formula is C13H11FN2O3S. The van der Waals surface area contributed by atoms with E-state index in [9.17, 15) is 17.6 Å². The molecule has 0 saturated carbocycles. The van der Waals surface area contributed by atoms with Crippen molar-refractivity contribution in [2.75, 3.05) is 11.6 Å². The van der Waals surface area contributed by atoms with Crippen LogP contribution in [0.15, 0.2) is 47.4 Å². The summed E-state index contributed by atoms with van der Waals surface area (Å²) in [6.45, 7) is 0. The maximum absolute atomic E-state index is 12.9. The topological polar surface area (TPSA) is 76.1 Å². The van der Waals surface area contributed by atoms with Crippen molar-refractivity contribution in [3.63, 3.8) is 0 Å². The molecule has 1 aromatic heterocycles. The monoisotopic (exact) mass is 294 g/mol. The second kappa shape index (κ2) is 5.38. The molecule has 0 aliphatic carbocycles. The van der Waals surface area contributed by atoms with Gasteiger partial charge in [0.1, 0.15) is 5.82 Å². The summed E-state index contributed by atoms with van der Waals surface area (Å²) in [4.78, 5) is 15.5. The van der Waals surface area contributed by atoms with Gasteiger partial charge in [-0.2, -0.15) is 4.39 Å². The molecule has 0 spiro atoms. The van der Waals surface area contributed by atoms with E-state index in [2.05, 4.69) is 10.3 Å². The summed E-state index contributed by atoms with van der Waals surface area (Å²) in [6, 6.07) is 9.57. The van der Waals surface area contributed by atoms with E-state index in [0.717, 1.165) is 12.3 Å². The lowest BCUT2D eigenvalue weighted by atomic mass is 10.2. The fourth-order valence-electron chi connectivity index (χ4n) is 1.53. The van der Waals surface area contributed by atoms with Gasteiger partial charge in [0.25, 0.3) is 5.91 Å². The molecule has 7 heteroatoms. The number of hydrogen-bond donors (Lipinski definition) is 1. The number of nitrogens with one attached hydrogen (secondary N) is 1. The predicted molar refractivity (Wildman–Crippen MR) is 71.7 cm³/mol. The van der Waals surface area contributed by atoms with Crippen molar-refractivity contribution in [2.24, 2.45) is 0 Å². The van der Waals surface area contributed by atoms with Gasteiger partial charge in [-0.05, 0) is 30.3 Å². The lowest BCUT2D eigenvalue weighted by molar-refractivity contribution is 0.102. The van der Waals surface area contributed by atoms with Crippen molar-refractivity contribution in [3.05, 3.63) is 54.0 Å². The molecule has 0 fully saturated rings. The third kappa shape index (κ3) is 3.39. The van der Waals surface area contributed by atoms with Gasteiger partial charge in [-0.1, -0.05) is 12.1 Å². The maximum atomic E-state index is 12.9. The zero-order valence-corrected chi connectivity index (χ0v) is 11.3. The Hall–Kier alpha value is -2.28. The molecule has 0 unspecified atom stereocenters. The quantitative estimate of drug-likeness (QED) is 0.877. The molecule has 5 nitrogen and oxygen atoms in total. The zero-order chi connectivity index (χ0) is 14.8. The zero-order valence-electron chi connectivity index (χ0n) is 10.5. The first-order valence-electron chi connectivity index (χ1n) is 5.60. The highest BCUT2D eigenvalue weighted by molar-refractivity contribution is 7.90. The number of sulfone groups is 1. The molecule has 1 heterocycles. The molecule has 1 N–H and O–H groups in total. The Morgan fingerprint density at radius 2 is 1.90 bits per heavy atom. The highest BCUT2D eigenvalue weighted by Gasteiger charge is 2.12.